The van der Waals surface area contributed by atoms with Gasteiger partial charge in [-0.25, -0.2) is 8.78 Å². The molecule has 2 aromatic carbocycles. The Morgan fingerprint density at radius 1 is 1.11 bits per heavy atom. The first-order valence-electron chi connectivity index (χ1n) is 5.57. The van der Waals surface area contributed by atoms with Gasteiger partial charge in [-0.3, -0.25) is 0 Å². The number of benzene rings is 2. The molecule has 0 radical (unpaired) electrons. The van der Waals surface area contributed by atoms with Gasteiger partial charge < -0.3 is 10.5 Å². The highest BCUT2D eigenvalue weighted by atomic mass is 79.9. The van der Waals surface area contributed by atoms with Crippen LogP contribution in [0.25, 0.3) is 0 Å². The highest BCUT2D eigenvalue weighted by molar-refractivity contribution is 9.10. The molecule has 0 bridgehead atoms. The summed E-state index contributed by atoms with van der Waals surface area (Å²) in [7, 11) is 1.50. The molecule has 0 aromatic heterocycles. The summed E-state index contributed by atoms with van der Waals surface area (Å²) in [5, 5.41) is 0. The van der Waals surface area contributed by atoms with Crippen LogP contribution in [0.4, 0.5) is 8.78 Å². The molecular weight excluding hydrogens is 316 g/mol. The average Bonchev–Trinajstić information content (AvgIpc) is 2.42. The fourth-order valence-electron chi connectivity index (χ4n) is 1.87. The lowest BCUT2D eigenvalue weighted by molar-refractivity contribution is 0.407. The number of ether oxygens (including phenoxy) is 1. The minimum Gasteiger partial charge on any atom is -0.496 e. The summed E-state index contributed by atoms with van der Waals surface area (Å²) in [5.74, 6) is -0.578. The van der Waals surface area contributed by atoms with Crippen LogP contribution in [0, 0.1) is 11.6 Å². The molecule has 0 aliphatic heterocycles. The Hall–Kier alpha value is -1.46. The van der Waals surface area contributed by atoms with Crippen LogP contribution < -0.4 is 10.5 Å². The van der Waals surface area contributed by atoms with E-state index in [2.05, 4.69) is 15.9 Å². The molecule has 1 atom stereocenters. The van der Waals surface area contributed by atoms with Crippen molar-refractivity contribution in [1.82, 2.24) is 0 Å². The van der Waals surface area contributed by atoms with Crippen molar-refractivity contribution in [3.05, 3.63) is 63.6 Å². The van der Waals surface area contributed by atoms with Gasteiger partial charge in [0.05, 0.1) is 17.6 Å². The van der Waals surface area contributed by atoms with E-state index in [9.17, 15) is 8.78 Å². The quantitative estimate of drug-likeness (QED) is 0.870. The Morgan fingerprint density at radius 3 is 2.47 bits per heavy atom. The Balaban J connectivity index is 2.50. The molecule has 0 saturated carbocycles. The monoisotopic (exact) mass is 327 g/mol. The van der Waals surface area contributed by atoms with Crippen LogP contribution in [-0.4, -0.2) is 7.11 Å². The van der Waals surface area contributed by atoms with E-state index < -0.39 is 17.7 Å². The lowest BCUT2D eigenvalue weighted by Gasteiger charge is -2.17. The molecule has 0 amide bonds. The molecular formula is C14H12BrF2NO. The third-order valence-corrected chi connectivity index (χ3v) is 3.46. The van der Waals surface area contributed by atoms with E-state index >= 15 is 0 Å². The third-order valence-electron chi connectivity index (χ3n) is 2.85. The molecule has 2 N–H and O–H groups in total. The maximum Gasteiger partial charge on any atom is 0.137 e. The summed E-state index contributed by atoms with van der Waals surface area (Å²) in [6.45, 7) is 0. The molecule has 0 spiro atoms. The molecule has 0 fully saturated rings. The largest absolute Gasteiger partial charge is 0.496 e. The molecule has 0 aliphatic rings. The minimum absolute atomic E-state index is 0.0703. The summed E-state index contributed by atoms with van der Waals surface area (Å²) >= 11 is 2.93. The summed E-state index contributed by atoms with van der Waals surface area (Å²) < 4.78 is 32.6. The molecule has 1 unspecified atom stereocenters. The molecule has 0 aliphatic carbocycles. The van der Waals surface area contributed by atoms with Crippen LogP contribution in [0.5, 0.6) is 5.75 Å². The van der Waals surface area contributed by atoms with E-state index in [-0.39, 0.29) is 10.0 Å². The fraction of sp³-hybridized carbons (Fsp3) is 0.143. The molecule has 2 rings (SSSR count). The van der Waals surface area contributed by atoms with Crippen LogP contribution in [-0.2, 0) is 0 Å². The van der Waals surface area contributed by atoms with Gasteiger partial charge in [-0.2, -0.15) is 0 Å². The van der Waals surface area contributed by atoms with Crippen molar-refractivity contribution in [3.8, 4) is 5.75 Å². The number of rotatable bonds is 3. The molecule has 0 heterocycles. The summed E-state index contributed by atoms with van der Waals surface area (Å²) in [4.78, 5) is 0. The highest BCUT2D eigenvalue weighted by Gasteiger charge is 2.19. The first-order chi connectivity index (χ1) is 9.04. The molecule has 2 nitrogen and oxygen atoms in total. The third kappa shape index (κ3) is 2.77. The van der Waals surface area contributed by atoms with Gasteiger partial charge in [-0.15, -0.1) is 0 Å². The van der Waals surface area contributed by atoms with E-state index in [1.807, 2.05) is 0 Å². The average molecular weight is 328 g/mol. The van der Waals surface area contributed by atoms with Crippen molar-refractivity contribution in [2.45, 2.75) is 6.04 Å². The second kappa shape index (κ2) is 5.67. The topological polar surface area (TPSA) is 35.2 Å². The van der Waals surface area contributed by atoms with Gasteiger partial charge in [0.15, 0.2) is 0 Å². The Kier molecular flexibility index (Phi) is 4.17. The predicted molar refractivity (Wildman–Crippen MR) is 73.1 cm³/mol. The lowest BCUT2D eigenvalue weighted by Crippen LogP contribution is -2.15. The zero-order chi connectivity index (χ0) is 14.0. The van der Waals surface area contributed by atoms with Crippen LogP contribution in [0.3, 0.4) is 0 Å². The van der Waals surface area contributed by atoms with Crippen molar-refractivity contribution >= 4 is 15.9 Å². The van der Waals surface area contributed by atoms with Gasteiger partial charge in [0, 0.05) is 11.1 Å². The molecule has 2 aromatic rings. The molecule has 0 saturated heterocycles. The number of hydrogen-bond donors (Lipinski definition) is 1. The normalized spacial score (nSPS) is 12.3. The van der Waals surface area contributed by atoms with E-state index in [0.717, 1.165) is 12.1 Å². The number of halogens is 3. The number of methoxy groups -OCH3 is 1. The molecule has 100 valence electrons. The first kappa shape index (κ1) is 14.0. The van der Waals surface area contributed by atoms with Crippen molar-refractivity contribution in [2.75, 3.05) is 7.11 Å². The van der Waals surface area contributed by atoms with Gasteiger partial charge in [0.2, 0.25) is 0 Å². The second-order valence-corrected chi connectivity index (χ2v) is 4.86. The smallest absolute Gasteiger partial charge is 0.137 e. The number of hydrogen-bond acceptors (Lipinski definition) is 2. The Labute approximate surface area is 118 Å². The summed E-state index contributed by atoms with van der Waals surface area (Å²) in [6.07, 6.45) is 0. The first-order valence-corrected chi connectivity index (χ1v) is 6.37. The molecule has 5 heteroatoms. The maximum atomic E-state index is 13.9. The van der Waals surface area contributed by atoms with Crippen molar-refractivity contribution in [3.63, 3.8) is 0 Å². The Morgan fingerprint density at radius 2 is 1.79 bits per heavy atom. The van der Waals surface area contributed by atoms with Gasteiger partial charge in [-0.05, 0) is 34.1 Å². The van der Waals surface area contributed by atoms with Crippen LogP contribution in [0.2, 0.25) is 0 Å². The number of para-hydroxylation sites is 1. The van der Waals surface area contributed by atoms with Gasteiger partial charge in [0.1, 0.15) is 17.4 Å². The van der Waals surface area contributed by atoms with Gasteiger partial charge >= 0.3 is 0 Å². The van der Waals surface area contributed by atoms with E-state index in [1.54, 1.807) is 24.3 Å². The SMILES string of the molecule is COc1ccccc1C(N)c1cc(F)c(Br)cc1F. The number of nitrogens with two attached hydrogens (primary N) is 1. The van der Waals surface area contributed by atoms with Crippen LogP contribution in [0.1, 0.15) is 17.2 Å². The predicted octanol–water partition coefficient (Wildman–Crippen LogP) is 3.78. The van der Waals surface area contributed by atoms with E-state index in [1.165, 1.54) is 7.11 Å². The van der Waals surface area contributed by atoms with Gasteiger partial charge in [-0.1, -0.05) is 18.2 Å². The van der Waals surface area contributed by atoms with Crippen molar-refractivity contribution < 1.29 is 13.5 Å². The molecule has 19 heavy (non-hydrogen) atoms. The van der Waals surface area contributed by atoms with Crippen molar-refractivity contribution in [2.24, 2.45) is 5.73 Å². The van der Waals surface area contributed by atoms with E-state index in [0.29, 0.717) is 11.3 Å². The highest BCUT2D eigenvalue weighted by Crippen LogP contribution is 2.31. The standard InChI is InChI=1S/C14H12BrF2NO/c1-19-13-5-3-2-4-8(13)14(18)9-6-12(17)10(15)7-11(9)16/h2-7,14H,18H2,1H3. The van der Waals surface area contributed by atoms with Crippen LogP contribution in [0.15, 0.2) is 40.9 Å². The van der Waals surface area contributed by atoms with Gasteiger partial charge in [0.25, 0.3) is 0 Å². The Bertz CT molecular complexity index is 604. The zero-order valence-electron chi connectivity index (χ0n) is 10.2. The maximum absolute atomic E-state index is 13.9. The van der Waals surface area contributed by atoms with Crippen LogP contribution >= 0.6 is 15.9 Å². The fourth-order valence-corrected chi connectivity index (χ4v) is 2.18. The summed E-state index contributed by atoms with van der Waals surface area (Å²) in [5.41, 5.74) is 6.70. The summed E-state index contributed by atoms with van der Waals surface area (Å²) in [6, 6.07) is 8.37. The van der Waals surface area contributed by atoms with Crippen molar-refractivity contribution in [1.29, 1.82) is 0 Å². The minimum atomic E-state index is -0.793. The second-order valence-electron chi connectivity index (χ2n) is 4.01. The van der Waals surface area contributed by atoms with E-state index in [4.69, 9.17) is 10.5 Å². The lowest BCUT2D eigenvalue weighted by atomic mass is 9.98. The zero-order valence-corrected chi connectivity index (χ0v) is 11.7.